The molecule has 0 aromatic heterocycles. The first-order valence-corrected chi connectivity index (χ1v) is 3.95. The number of rotatable bonds is 1. The van der Waals surface area contributed by atoms with Gasteiger partial charge < -0.3 is 18.5 Å². The Morgan fingerprint density at radius 2 is 1.00 bits per heavy atom. The Balaban J connectivity index is -0.0000000174. The molecule has 0 heterocycles. The molecule has 0 saturated carbocycles. The van der Waals surface area contributed by atoms with Crippen LogP contribution in [0.15, 0.2) is 25.3 Å². The summed E-state index contributed by atoms with van der Waals surface area (Å²) < 4.78 is 32.7. The SMILES string of the molecule is C=CC=C.N.N.N.N=C=O.N=C=O.[O-][Cl+3]([O-])([O-])O. The summed E-state index contributed by atoms with van der Waals surface area (Å²) in [7, 11) is -4.69. The number of hydrogen-bond acceptors (Lipinski definition) is 11. The number of halogens is 1. The monoisotopic (exact) mass is 291 g/mol. The van der Waals surface area contributed by atoms with E-state index >= 15 is 0 Å². The second-order valence-corrected chi connectivity index (χ2v) is 1.86. The zero-order chi connectivity index (χ0) is 13.3. The van der Waals surface area contributed by atoms with E-state index in [1.54, 1.807) is 12.2 Å². The molecule has 0 spiro atoms. The van der Waals surface area contributed by atoms with Gasteiger partial charge in [-0.2, -0.15) is 14.0 Å². The molecule has 0 aliphatic rings. The third-order valence-electron chi connectivity index (χ3n) is 0.167. The molecule has 12 N–H and O–H groups in total. The molecule has 0 atom stereocenters. The number of nitrogens with one attached hydrogen (secondary N) is 2. The van der Waals surface area contributed by atoms with Gasteiger partial charge in [-0.3, -0.25) is 0 Å². The predicted molar refractivity (Wildman–Crippen MR) is 54.5 cm³/mol. The van der Waals surface area contributed by atoms with Crippen LogP contribution in [0, 0.1) is 21.1 Å². The summed E-state index contributed by atoms with van der Waals surface area (Å²) in [5.41, 5.74) is 0. The van der Waals surface area contributed by atoms with Crippen molar-refractivity contribution in [3.63, 3.8) is 0 Å². The molecule has 0 fully saturated rings. The van der Waals surface area contributed by atoms with Crippen LogP contribution in [-0.4, -0.2) is 16.8 Å². The van der Waals surface area contributed by atoms with Crippen molar-refractivity contribution < 1.29 is 38.5 Å². The van der Waals surface area contributed by atoms with E-state index in [0.29, 0.717) is 0 Å². The van der Waals surface area contributed by atoms with Gasteiger partial charge in [-0.05, 0) is 0 Å². The highest BCUT2D eigenvalue weighted by Gasteiger charge is 1.98. The van der Waals surface area contributed by atoms with Crippen molar-refractivity contribution in [1.82, 2.24) is 18.5 Å². The third kappa shape index (κ3) is 4450. The lowest BCUT2D eigenvalue weighted by Gasteiger charge is -2.03. The fourth-order valence-corrected chi connectivity index (χ4v) is 0. The molecule has 0 aliphatic carbocycles. The number of hydrogen-bond donors (Lipinski definition) is 6. The van der Waals surface area contributed by atoms with E-state index in [1.807, 2.05) is 0 Å². The molecular formula is C6H18ClN5O6. The average Bonchev–Trinajstić information content (AvgIpc) is 2.04. The van der Waals surface area contributed by atoms with Gasteiger partial charge in [-0.15, -0.1) is 0 Å². The molecule has 12 heteroatoms. The van der Waals surface area contributed by atoms with E-state index < -0.39 is 10.2 Å². The van der Waals surface area contributed by atoms with Crippen LogP contribution in [0.5, 0.6) is 0 Å². The highest BCUT2D eigenvalue weighted by atomic mass is 35.7. The molecule has 0 aliphatic heterocycles. The fourth-order valence-electron chi connectivity index (χ4n) is 0. The highest BCUT2D eigenvalue weighted by molar-refractivity contribution is 5.26. The molecular weight excluding hydrogens is 274 g/mol. The van der Waals surface area contributed by atoms with Crippen LogP contribution in [0.3, 0.4) is 0 Å². The van der Waals surface area contributed by atoms with E-state index in [4.69, 9.17) is 39.0 Å². The van der Waals surface area contributed by atoms with Crippen LogP contribution < -0.4 is 32.4 Å². The third-order valence-corrected chi connectivity index (χ3v) is 0.167. The summed E-state index contributed by atoms with van der Waals surface area (Å²) in [5, 5.41) is 10.8. The Morgan fingerprint density at radius 3 is 1.00 bits per heavy atom. The number of isocyanates is 2. The second kappa shape index (κ2) is 45.5. The lowest BCUT2D eigenvalue weighted by Crippen LogP contribution is -2.58. The Morgan fingerprint density at radius 1 is 0.944 bits per heavy atom. The zero-order valence-electron chi connectivity index (χ0n) is 9.56. The standard InChI is InChI=1S/C4H6.2CHNO.ClHO4.3H3N/c1-3-4-2;2*2-1-3;2-1(3,4)5;;;/h3-4H,1-2H2;2*2H;(H,2,3,4,5);3*1H3. The van der Waals surface area contributed by atoms with Gasteiger partial charge >= 0.3 is 0 Å². The Kier molecular flexibility index (Phi) is 112. The Bertz CT molecular complexity index is 195. The maximum Gasteiger partial charge on any atom is 0.231 e. The van der Waals surface area contributed by atoms with Crippen LogP contribution in [0.25, 0.3) is 0 Å². The molecule has 0 unspecified atom stereocenters. The molecule has 0 radical (unpaired) electrons. The minimum absolute atomic E-state index is 0. The van der Waals surface area contributed by atoms with Crippen molar-refractivity contribution in [1.29, 1.82) is 10.8 Å². The van der Waals surface area contributed by atoms with Crippen molar-refractivity contribution >= 4 is 12.2 Å². The van der Waals surface area contributed by atoms with Gasteiger partial charge in [-0.25, -0.2) is 20.4 Å². The van der Waals surface area contributed by atoms with Crippen LogP contribution in [0.1, 0.15) is 0 Å². The first-order valence-electron chi connectivity index (χ1n) is 2.69. The van der Waals surface area contributed by atoms with Gasteiger partial charge in [0.1, 0.15) is 0 Å². The van der Waals surface area contributed by atoms with Crippen molar-refractivity contribution in [2.75, 3.05) is 0 Å². The summed E-state index contributed by atoms with van der Waals surface area (Å²) in [6, 6.07) is 0. The maximum absolute atomic E-state index is 8.60. The van der Waals surface area contributed by atoms with Gasteiger partial charge in [0.15, 0.2) is 0 Å². The molecule has 18 heavy (non-hydrogen) atoms. The Hall–Kier alpha value is -1.75. The van der Waals surface area contributed by atoms with Crippen molar-refractivity contribution in [2.24, 2.45) is 0 Å². The van der Waals surface area contributed by atoms with Crippen LogP contribution in [0.4, 0.5) is 0 Å². The lowest BCUT2D eigenvalue weighted by molar-refractivity contribution is -1.92. The van der Waals surface area contributed by atoms with E-state index in [-0.39, 0.29) is 18.5 Å². The van der Waals surface area contributed by atoms with Gasteiger partial charge in [0.25, 0.3) is 0 Å². The molecule has 110 valence electrons. The van der Waals surface area contributed by atoms with E-state index in [2.05, 4.69) is 13.2 Å². The van der Waals surface area contributed by atoms with E-state index in [0.717, 1.165) is 12.2 Å². The first kappa shape index (κ1) is 44.2. The van der Waals surface area contributed by atoms with Crippen molar-refractivity contribution in [3.05, 3.63) is 25.3 Å². The van der Waals surface area contributed by atoms with Gasteiger partial charge in [-0.1, -0.05) is 25.3 Å². The van der Waals surface area contributed by atoms with Crippen LogP contribution >= 0.6 is 0 Å². The minimum atomic E-state index is -4.69. The average molecular weight is 292 g/mol. The van der Waals surface area contributed by atoms with Gasteiger partial charge in [0.2, 0.25) is 12.2 Å². The number of carbonyl (C=O) groups excluding carboxylic acids is 2. The number of allylic oxidation sites excluding steroid dienone is 2. The molecule has 0 aromatic carbocycles. The molecule has 0 saturated heterocycles. The smallest absolute Gasteiger partial charge is 0.231 e. The molecule has 0 bridgehead atoms. The van der Waals surface area contributed by atoms with Crippen LogP contribution in [0.2, 0.25) is 0 Å². The first-order chi connectivity index (χ1) is 6.74. The topological polar surface area (TPSA) is 276 Å². The normalized spacial score (nSPS) is 5.33. The van der Waals surface area contributed by atoms with Crippen molar-refractivity contribution in [3.8, 4) is 0 Å². The fraction of sp³-hybridized carbons (Fsp3) is 0. The lowest BCUT2D eigenvalue weighted by atomic mass is 10.6. The van der Waals surface area contributed by atoms with Crippen molar-refractivity contribution in [2.45, 2.75) is 0 Å². The summed E-state index contributed by atoms with van der Waals surface area (Å²) in [6.07, 6.45) is 4.78. The Labute approximate surface area is 106 Å². The largest absolute Gasteiger partial charge is 0.344 e. The van der Waals surface area contributed by atoms with E-state index in [9.17, 15) is 0 Å². The van der Waals surface area contributed by atoms with Crippen LogP contribution in [-0.2, 0) is 9.59 Å². The summed E-state index contributed by atoms with van der Waals surface area (Å²) in [4.78, 5) is 16.7. The molecule has 0 aromatic rings. The van der Waals surface area contributed by atoms with E-state index in [1.165, 1.54) is 0 Å². The summed E-state index contributed by atoms with van der Waals surface area (Å²) in [5.74, 6) is 0. The summed E-state index contributed by atoms with van der Waals surface area (Å²) in [6.45, 7) is 6.72. The molecule has 11 nitrogen and oxygen atoms in total. The minimum Gasteiger partial charge on any atom is -0.344 e. The summed E-state index contributed by atoms with van der Waals surface area (Å²) >= 11 is 0. The zero-order valence-corrected chi connectivity index (χ0v) is 10.3. The second-order valence-electron chi connectivity index (χ2n) is 1.07. The molecule has 0 rings (SSSR count). The highest BCUT2D eigenvalue weighted by Crippen LogP contribution is 1.60. The quantitative estimate of drug-likeness (QED) is 0.169. The maximum atomic E-state index is 8.60. The van der Waals surface area contributed by atoms with Gasteiger partial charge in [0.05, 0.1) is 14.9 Å². The predicted octanol–water partition coefficient (Wildman–Crippen LogP) is -2.48. The van der Waals surface area contributed by atoms with Gasteiger partial charge in [0, 0.05) is 0 Å². The molecule has 0 amide bonds.